The van der Waals surface area contributed by atoms with Gasteiger partial charge in [0.2, 0.25) is 0 Å². The van der Waals surface area contributed by atoms with E-state index in [0.29, 0.717) is 6.54 Å². The lowest BCUT2D eigenvalue weighted by Crippen LogP contribution is -2.28. The first-order valence-electron chi connectivity index (χ1n) is 6.98. The third kappa shape index (κ3) is 4.39. The SMILES string of the molecule is CC(CN(C)Cc1cccc(-c2ccccn2)c1)C(=O)O. The highest BCUT2D eigenvalue weighted by Gasteiger charge is 2.13. The molecule has 1 N–H and O–H groups in total. The summed E-state index contributed by atoms with van der Waals surface area (Å²) in [6.45, 7) is 2.98. The van der Waals surface area contributed by atoms with Gasteiger partial charge < -0.3 is 10.0 Å². The molecule has 1 aromatic carbocycles. The molecule has 0 aliphatic heterocycles. The van der Waals surface area contributed by atoms with Crippen LogP contribution < -0.4 is 0 Å². The zero-order chi connectivity index (χ0) is 15.2. The van der Waals surface area contributed by atoms with Crippen LogP contribution in [0.3, 0.4) is 0 Å². The predicted molar refractivity (Wildman–Crippen MR) is 82.8 cm³/mol. The number of pyridine rings is 1. The molecule has 4 nitrogen and oxygen atoms in total. The lowest BCUT2D eigenvalue weighted by Gasteiger charge is -2.19. The third-order valence-corrected chi connectivity index (χ3v) is 3.35. The molecular formula is C17H20N2O2. The Balaban J connectivity index is 2.06. The molecule has 0 saturated heterocycles. The summed E-state index contributed by atoms with van der Waals surface area (Å²) in [4.78, 5) is 17.3. The Morgan fingerprint density at radius 3 is 2.76 bits per heavy atom. The Bertz CT molecular complexity index is 599. The van der Waals surface area contributed by atoms with E-state index in [2.05, 4.69) is 11.1 Å². The van der Waals surface area contributed by atoms with Crippen molar-refractivity contribution in [2.75, 3.05) is 13.6 Å². The van der Waals surface area contributed by atoms with Crippen molar-refractivity contribution in [3.63, 3.8) is 0 Å². The minimum absolute atomic E-state index is 0.367. The molecule has 0 fully saturated rings. The standard InChI is InChI=1S/C17H20N2O2/c1-13(17(20)21)11-19(2)12-14-6-5-7-15(10-14)16-8-3-4-9-18-16/h3-10,13H,11-12H2,1-2H3,(H,20,21). The summed E-state index contributed by atoms with van der Waals surface area (Å²) in [7, 11) is 1.94. The first-order valence-corrected chi connectivity index (χ1v) is 6.98. The molecule has 0 spiro atoms. The smallest absolute Gasteiger partial charge is 0.307 e. The number of nitrogens with zero attached hydrogens (tertiary/aromatic N) is 2. The average Bonchev–Trinajstić information content (AvgIpc) is 2.48. The van der Waals surface area contributed by atoms with Gasteiger partial charge in [0.1, 0.15) is 0 Å². The molecule has 0 amide bonds. The van der Waals surface area contributed by atoms with Crippen LogP contribution in [0.15, 0.2) is 48.7 Å². The van der Waals surface area contributed by atoms with Gasteiger partial charge in [0.05, 0.1) is 11.6 Å². The minimum atomic E-state index is -0.760. The normalized spacial score (nSPS) is 12.3. The average molecular weight is 284 g/mol. The molecule has 1 unspecified atom stereocenters. The van der Waals surface area contributed by atoms with Crippen molar-refractivity contribution < 1.29 is 9.90 Å². The fraction of sp³-hybridized carbons (Fsp3) is 0.294. The predicted octanol–water partition coefficient (Wildman–Crippen LogP) is 2.90. The van der Waals surface area contributed by atoms with Gasteiger partial charge in [-0.05, 0) is 30.8 Å². The molecule has 1 atom stereocenters. The second-order valence-electron chi connectivity index (χ2n) is 5.35. The summed E-state index contributed by atoms with van der Waals surface area (Å²) < 4.78 is 0. The van der Waals surface area contributed by atoms with E-state index in [1.807, 2.05) is 48.3 Å². The van der Waals surface area contributed by atoms with Gasteiger partial charge in [0.25, 0.3) is 0 Å². The fourth-order valence-corrected chi connectivity index (χ4v) is 2.28. The van der Waals surface area contributed by atoms with Crippen LogP contribution in [0.5, 0.6) is 0 Å². The molecule has 0 bridgehead atoms. The zero-order valence-corrected chi connectivity index (χ0v) is 12.4. The highest BCUT2D eigenvalue weighted by Crippen LogP contribution is 2.18. The Hall–Kier alpha value is -2.20. The highest BCUT2D eigenvalue weighted by atomic mass is 16.4. The maximum Gasteiger partial charge on any atom is 0.307 e. The topological polar surface area (TPSA) is 53.4 Å². The zero-order valence-electron chi connectivity index (χ0n) is 12.4. The number of hydrogen-bond acceptors (Lipinski definition) is 3. The van der Waals surface area contributed by atoms with Gasteiger partial charge >= 0.3 is 5.97 Å². The largest absolute Gasteiger partial charge is 0.481 e. The van der Waals surface area contributed by atoms with Crippen LogP contribution in [0.25, 0.3) is 11.3 Å². The van der Waals surface area contributed by atoms with E-state index >= 15 is 0 Å². The van der Waals surface area contributed by atoms with Crippen LogP contribution in [0.4, 0.5) is 0 Å². The minimum Gasteiger partial charge on any atom is -0.481 e. The number of aliphatic carboxylic acids is 1. The van der Waals surface area contributed by atoms with Crippen molar-refractivity contribution in [3.05, 3.63) is 54.2 Å². The van der Waals surface area contributed by atoms with E-state index < -0.39 is 5.97 Å². The number of carbonyl (C=O) groups is 1. The molecule has 2 rings (SSSR count). The molecular weight excluding hydrogens is 264 g/mol. The van der Waals surface area contributed by atoms with Crippen LogP contribution in [-0.2, 0) is 11.3 Å². The fourth-order valence-electron chi connectivity index (χ4n) is 2.28. The Morgan fingerprint density at radius 2 is 2.10 bits per heavy atom. The second-order valence-corrected chi connectivity index (χ2v) is 5.35. The maximum atomic E-state index is 10.9. The number of benzene rings is 1. The van der Waals surface area contributed by atoms with E-state index in [4.69, 9.17) is 5.11 Å². The van der Waals surface area contributed by atoms with Crippen molar-refractivity contribution in [1.82, 2.24) is 9.88 Å². The summed E-state index contributed by atoms with van der Waals surface area (Å²) in [6.07, 6.45) is 1.78. The Morgan fingerprint density at radius 1 is 1.29 bits per heavy atom. The molecule has 0 saturated carbocycles. The van der Waals surface area contributed by atoms with Gasteiger partial charge in [0.15, 0.2) is 0 Å². The molecule has 0 radical (unpaired) electrons. The van der Waals surface area contributed by atoms with Gasteiger partial charge in [0, 0.05) is 24.8 Å². The van der Waals surface area contributed by atoms with Crippen molar-refractivity contribution in [2.45, 2.75) is 13.5 Å². The van der Waals surface area contributed by atoms with E-state index in [0.717, 1.165) is 23.4 Å². The van der Waals surface area contributed by atoms with Crippen molar-refractivity contribution in [3.8, 4) is 11.3 Å². The maximum absolute atomic E-state index is 10.9. The summed E-state index contributed by atoms with van der Waals surface area (Å²) >= 11 is 0. The molecule has 1 aromatic heterocycles. The van der Waals surface area contributed by atoms with Crippen LogP contribution in [0.1, 0.15) is 12.5 Å². The highest BCUT2D eigenvalue weighted by molar-refractivity contribution is 5.69. The molecule has 21 heavy (non-hydrogen) atoms. The lowest BCUT2D eigenvalue weighted by atomic mass is 10.1. The van der Waals surface area contributed by atoms with Gasteiger partial charge in [-0.25, -0.2) is 0 Å². The first-order chi connectivity index (χ1) is 10.1. The molecule has 0 aliphatic carbocycles. The number of aromatic nitrogens is 1. The van der Waals surface area contributed by atoms with Crippen molar-refractivity contribution in [2.24, 2.45) is 5.92 Å². The second kappa shape index (κ2) is 6.99. The van der Waals surface area contributed by atoms with Crippen LogP contribution in [0.2, 0.25) is 0 Å². The van der Waals surface area contributed by atoms with E-state index in [-0.39, 0.29) is 5.92 Å². The summed E-state index contributed by atoms with van der Waals surface area (Å²) in [5, 5.41) is 8.95. The van der Waals surface area contributed by atoms with Crippen molar-refractivity contribution in [1.29, 1.82) is 0 Å². The van der Waals surface area contributed by atoms with Gasteiger partial charge in [-0.2, -0.15) is 0 Å². The van der Waals surface area contributed by atoms with E-state index in [1.165, 1.54) is 0 Å². The number of carboxylic acids is 1. The van der Waals surface area contributed by atoms with Gasteiger partial charge in [-0.3, -0.25) is 9.78 Å². The lowest BCUT2D eigenvalue weighted by molar-refractivity contribution is -0.141. The van der Waals surface area contributed by atoms with Crippen LogP contribution >= 0.6 is 0 Å². The number of rotatable bonds is 6. The summed E-state index contributed by atoms with van der Waals surface area (Å²) in [5.74, 6) is -1.13. The number of hydrogen-bond donors (Lipinski definition) is 1. The summed E-state index contributed by atoms with van der Waals surface area (Å²) in [6, 6.07) is 14.0. The summed E-state index contributed by atoms with van der Waals surface area (Å²) in [5.41, 5.74) is 3.17. The third-order valence-electron chi connectivity index (χ3n) is 3.35. The van der Waals surface area contributed by atoms with E-state index in [1.54, 1.807) is 13.1 Å². The molecule has 110 valence electrons. The molecule has 4 heteroatoms. The molecule has 1 heterocycles. The monoisotopic (exact) mass is 284 g/mol. The number of carboxylic acid groups (broad SMARTS) is 1. The molecule has 0 aliphatic rings. The van der Waals surface area contributed by atoms with Gasteiger partial charge in [-0.1, -0.05) is 31.2 Å². The van der Waals surface area contributed by atoms with Crippen LogP contribution in [0, 0.1) is 5.92 Å². The first kappa shape index (κ1) is 15.2. The molecule has 2 aromatic rings. The van der Waals surface area contributed by atoms with Crippen molar-refractivity contribution >= 4 is 5.97 Å². The Labute approximate surface area is 125 Å². The van der Waals surface area contributed by atoms with Gasteiger partial charge in [-0.15, -0.1) is 0 Å². The quantitative estimate of drug-likeness (QED) is 0.886. The Kier molecular flexibility index (Phi) is 5.06. The van der Waals surface area contributed by atoms with Crippen LogP contribution in [-0.4, -0.2) is 34.6 Å². The van der Waals surface area contributed by atoms with E-state index in [9.17, 15) is 4.79 Å².